The molecule has 1 unspecified atom stereocenters. The molecule has 0 spiro atoms. The highest BCUT2D eigenvalue weighted by atomic mass is 35.5. The van der Waals surface area contributed by atoms with Gasteiger partial charge in [-0.05, 0) is 41.5 Å². The number of nitrogens with one attached hydrogen (secondary N) is 2. The summed E-state index contributed by atoms with van der Waals surface area (Å²) in [5.74, 6) is -1.05. The third-order valence-corrected chi connectivity index (χ3v) is 6.73. The van der Waals surface area contributed by atoms with Crippen LogP contribution in [-0.4, -0.2) is 64.3 Å². The summed E-state index contributed by atoms with van der Waals surface area (Å²) in [6.45, 7) is -0.187. The Morgan fingerprint density at radius 1 is 0.914 bits per heavy atom. The normalized spacial score (nSPS) is 24.4. The van der Waals surface area contributed by atoms with Crippen molar-refractivity contribution in [1.29, 1.82) is 0 Å². The lowest BCUT2D eigenvalue weighted by molar-refractivity contribution is -0.245. The second-order valence-electron chi connectivity index (χ2n) is 7.82. The molecule has 2 aromatic rings. The lowest BCUT2D eigenvalue weighted by atomic mass is 9.96. The van der Waals surface area contributed by atoms with Crippen molar-refractivity contribution in [2.45, 2.75) is 37.1 Å². The van der Waals surface area contributed by atoms with Crippen LogP contribution in [-0.2, 0) is 20.7 Å². The minimum absolute atomic E-state index is 0.00530. The minimum atomic E-state index is -1.63. The van der Waals surface area contributed by atoms with E-state index in [9.17, 15) is 24.9 Å². The van der Waals surface area contributed by atoms with E-state index in [-0.39, 0.29) is 13.0 Å². The number of aliphatic hydroxyl groups is 3. The van der Waals surface area contributed by atoms with Gasteiger partial charge < -0.3 is 30.7 Å². The van der Waals surface area contributed by atoms with Crippen LogP contribution < -0.4 is 10.6 Å². The minimum Gasteiger partial charge on any atom is -0.388 e. The van der Waals surface area contributed by atoms with Gasteiger partial charge in [0.2, 0.25) is 11.8 Å². The first-order valence-corrected chi connectivity index (χ1v) is 11.9. The second-order valence-corrected chi connectivity index (χ2v) is 9.45. The Hall–Kier alpha value is -1.88. The number of hydrogen-bond donors (Lipinski definition) is 5. The molecule has 2 amide bonds. The summed E-state index contributed by atoms with van der Waals surface area (Å²) < 4.78 is 5.33. The highest BCUT2D eigenvalue weighted by molar-refractivity contribution is 6.42. The number of benzene rings is 2. The van der Waals surface area contributed by atoms with Gasteiger partial charge in [0.05, 0.1) is 26.5 Å². The van der Waals surface area contributed by atoms with Gasteiger partial charge in [0.15, 0.2) is 6.29 Å². The summed E-state index contributed by atoms with van der Waals surface area (Å²) in [6, 6.07) is 8.26. The average Bonchev–Trinajstić information content (AvgIpc) is 2.81. The first kappa shape index (κ1) is 27.7. The number of aliphatic hydroxyl groups excluding tert-OH is 3. The third kappa shape index (κ3) is 7.55. The van der Waals surface area contributed by atoms with Crippen molar-refractivity contribution in [1.82, 2.24) is 10.6 Å². The molecule has 1 saturated heterocycles. The summed E-state index contributed by atoms with van der Waals surface area (Å²) in [5, 5.41) is 37.5. The van der Waals surface area contributed by atoms with E-state index in [0.29, 0.717) is 31.2 Å². The summed E-state index contributed by atoms with van der Waals surface area (Å²) >= 11 is 23.6. The number of carbonyl (C=O) groups excluding carboxylic acids is 2. The highest BCUT2D eigenvalue weighted by Crippen LogP contribution is 2.24. The van der Waals surface area contributed by atoms with Crippen LogP contribution in [0.1, 0.15) is 11.1 Å². The quantitative estimate of drug-likeness (QED) is 0.329. The van der Waals surface area contributed by atoms with Gasteiger partial charge in [0, 0.05) is 12.6 Å². The maximum atomic E-state index is 12.3. The van der Waals surface area contributed by atoms with E-state index < -0.39 is 42.5 Å². The molecular weight excluding hydrogens is 542 g/mol. The fraction of sp³-hybridized carbons (Fsp3) is 0.304. The average molecular weight is 564 g/mol. The molecular formula is C23H22Cl4N2O6. The molecule has 0 bridgehead atoms. The molecule has 12 heteroatoms. The van der Waals surface area contributed by atoms with E-state index in [4.69, 9.17) is 51.1 Å². The zero-order valence-corrected chi connectivity index (χ0v) is 21.0. The van der Waals surface area contributed by atoms with Gasteiger partial charge in [0.25, 0.3) is 0 Å². The first-order chi connectivity index (χ1) is 16.5. The Bertz CT molecular complexity index is 1120. The molecule has 0 aliphatic carbocycles. The molecule has 0 aromatic heterocycles. The summed E-state index contributed by atoms with van der Waals surface area (Å²) in [6.07, 6.45) is -3.17. The molecule has 1 fully saturated rings. The van der Waals surface area contributed by atoms with Gasteiger partial charge in [-0.25, -0.2) is 0 Å². The summed E-state index contributed by atoms with van der Waals surface area (Å²) in [4.78, 5) is 24.5. The highest BCUT2D eigenvalue weighted by Gasteiger charge is 2.44. The Balaban J connectivity index is 1.52. The molecule has 5 N–H and O–H groups in total. The largest absolute Gasteiger partial charge is 0.388 e. The van der Waals surface area contributed by atoms with Crippen LogP contribution in [0.3, 0.4) is 0 Å². The van der Waals surface area contributed by atoms with Gasteiger partial charge >= 0.3 is 0 Å². The standard InChI is InChI=1S/C23H22Cl4N2O6/c24-13-4-1-11(7-15(13)26)3-6-18(30)29-20-22(33)21(32)17(35-23(20)34)10-28-19(31)9-12-2-5-14(25)16(27)8-12/h1-8,17,20-23,32-34H,9-10H2,(H,28,31)(H,29,30)/b6-3+/t17-,20-,21-,22-,23?/m1/s1. The Labute approximate surface area is 221 Å². The van der Waals surface area contributed by atoms with Crippen LogP contribution in [0.25, 0.3) is 6.08 Å². The smallest absolute Gasteiger partial charge is 0.244 e. The van der Waals surface area contributed by atoms with E-state index in [1.54, 1.807) is 36.4 Å². The predicted molar refractivity (Wildman–Crippen MR) is 133 cm³/mol. The maximum absolute atomic E-state index is 12.3. The molecule has 2 aromatic carbocycles. The zero-order valence-electron chi connectivity index (χ0n) is 18.0. The molecule has 188 valence electrons. The van der Waals surface area contributed by atoms with Crippen molar-refractivity contribution in [2.24, 2.45) is 0 Å². The molecule has 1 aliphatic rings. The van der Waals surface area contributed by atoms with Gasteiger partial charge in [-0.2, -0.15) is 0 Å². The molecule has 1 heterocycles. The van der Waals surface area contributed by atoms with Crippen molar-refractivity contribution < 1.29 is 29.6 Å². The van der Waals surface area contributed by atoms with Crippen LogP contribution >= 0.6 is 46.4 Å². The van der Waals surface area contributed by atoms with E-state index in [1.807, 2.05) is 0 Å². The van der Waals surface area contributed by atoms with E-state index >= 15 is 0 Å². The van der Waals surface area contributed by atoms with Crippen LogP contribution in [0.5, 0.6) is 0 Å². The van der Waals surface area contributed by atoms with E-state index in [2.05, 4.69) is 10.6 Å². The van der Waals surface area contributed by atoms with Crippen molar-refractivity contribution in [3.63, 3.8) is 0 Å². The summed E-state index contributed by atoms with van der Waals surface area (Å²) in [5.41, 5.74) is 1.23. The second kappa shape index (κ2) is 12.4. The van der Waals surface area contributed by atoms with Crippen molar-refractivity contribution in [2.75, 3.05) is 6.54 Å². The molecule has 3 rings (SSSR count). The monoisotopic (exact) mass is 562 g/mol. The molecule has 5 atom stereocenters. The maximum Gasteiger partial charge on any atom is 0.244 e. The number of carbonyl (C=O) groups is 2. The molecule has 1 aliphatic heterocycles. The van der Waals surface area contributed by atoms with Crippen molar-refractivity contribution in [3.05, 3.63) is 73.7 Å². The van der Waals surface area contributed by atoms with E-state index in [0.717, 1.165) is 0 Å². The molecule has 35 heavy (non-hydrogen) atoms. The molecule has 0 radical (unpaired) electrons. The van der Waals surface area contributed by atoms with Gasteiger partial charge in [0.1, 0.15) is 24.4 Å². The Morgan fingerprint density at radius 3 is 2.23 bits per heavy atom. The first-order valence-electron chi connectivity index (χ1n) is 10.4. The van der Waals surface area contributed by atoms with Crippen LogP contribution in [0.4, 0.5) is 0 Å². The molecule has 8 nitrogen and oxygen atoms in total. The Kier molecular flexibility index (Phi) is 9.80. The number of hydrogen-bond acceptors (Lipinski definition) is 6. The van der Waals surface area contributed by atoms with Gasteiger partial charge in [-0.3, -0.25) is 9.59 Å². The Morgan fingerprint density at radius 2 is 1.57 bits per heavy atom. The SMILES string of the molecule is O=C(/C=C/c1ccc(Cl)c(Cl)c1)N[C@H]1C(O)O[C@H](CNC(=O)Cc2ccc(Cl)c(Cl)c2)[C@@H](O)[C@@H]1O. The van der Waals surface area contributed by atoms with Crippen molar-refractivity contribution >= 4 is 64.3 Å². The number of ether oxygens (including phenoxy) is 1. The number of amides is 2. The van der Waals surface area contributed by atoms with Gasteiger partial charge in [-0.15, -0.1) is 0 Å². The number of halogens is 4. The topological polar surface area (TPSA) is 128 Å². The van der Waals surface area contributed by atoms with Gasteiger partial charge in [-0.1, -0.05) is 58.5 Å². The zero-order chi connectivity index (χ0) is 25.7. The third-order valence-electron chi connectivity index (χ3n) is 5.25. The molecule has 0 saturated carbocycles. The fourth-order valence-corrected chi connectivity index (χ4v) is 4.01. The fourth-order valence-electron chi connectivity index (χ4n) is 3.38. The van der Waals surface area contributed by atoms with E-state index in [1.165, 1.54) is 12.2 Å². The van der Waals surface area contributed by atoms with Crippen molar-refractivity contribution in [3.8, 4) is 0 Å². The number of rotatable bonds is 7. The lowest BCUT2D eigenvalue weighted by Gasteiger charge is -2.40. The van der Waals surface area contributed by atoms with Crippen LogP contribution in [0.2, 0.25) is 20.1 Å². The summed E-state index contributed by atoms with van der Waals surface area (Å²) in [7, 11) is 0. The van der Waals surface area contributed by atoms with Crippen LogP contribution in [0, 0.1) is 0 Å². The predicted octanol–water partition coefficient (Wildman–Crippen LogP) is 2.60. The van der Waals surface area contributed by atoms with Crippen LogP contribution in [0.15, 0.2) is 42.5 Å². The lowest BCUT2D eigenvalue weighted by Crippen LogP contribution is -2.65.